The fourth-order valence-corrected chi connectivity index (χ4v) is 2.94. The van der Waals surface area contributed by atoms with Crippen LogP contribution in [-0.2, 0) is 11.3 Å². The van der Waals surface area contributed by atoms with Crippen molar-refractivity contribution in [1.82, 2.24) is 13.9 Å². The van der Waals surface area contributed by atoms with E-state index in [0.29, 0.717) is 5.92 Å². The van der Waals surface area contributed by atoms with Crippen molar-refractivity contribution in [3.05, 3.63) is 24.0 Å². The van der Waals surface area contributed by atoms with Gasteiger partial charge in [0.25, 0.3) is 0 Å². The second-order valence-corrected chi connectivity index (χ2v) is 5.39. The molecule has 0 saturated carbocycles. The normalized spacial score (nSPS) is 20.1. The fraction of sp³-hybridized carbons (Fsp3) is 0.538. The van der Waals surface area contributed by atoms with Crippen molar-refractivity contribution in [3.8, 4) is 11.4 Å². The Labute approximate surface area is 111 Å². The highest BCUT2D eigenvalue weighted by Crippen LogP contribution is 2.22. The van der Waals surface area contributed by atoms with Gasteiger partial charge in [-0.25, -0.2) is 9.36 Å². The Balaban J connectivity index is 1.64. The second kappa shape index (κ2) is 5.63. The van der Waals surface area contributed by atoms with Crippen LogP contribution in [0.1, 0.15) is 19.3 Å². The first-order valence-corrected chi connectivity index (χ1v) is 7.26. The van der Waals surface area contributed by atoms with Gasteiger partial charge in [0.1, 0.15) is 5.82 Å². The van der Waals surface area contributed by atoms with Crippen molar-refractivity contribution < 1.29 is 4.74 Å². The van der Waals surface area contributed by atoms with Crippen molar-refractivity contribution in [3.63, 3.8) is 0 Å². The number of rotatable bonds is 4. The Morgan fingerprint density at radius 3 is 3.28 bits per heavy atom. The molecule has 1 fully saturated rings. The maximum absolute atomic E-state index is 5.52. The van der Waals surface area contributed by atoms with Crippen molar-refractivity contribution in [2.75, 3.05) is 13.2 Å². The van der Waals surface area contributed by atoms with E-state index in [1.807, 2.05) is 17.8 Å². The molecule has 5 heteroatoms. The molecule has 1 saturated heterocycles. The van der Waals surface area contributed by atoms with Gasteiger partial charge in [-0.1, -0.05) is 0 Å². The van der Waals surface area contributed by atoms with Gasteiger partial charge in [0.15, 0.2) is 0 Å². The molecule has 1 atom stereocenters. The molecule has 0 radical (unpaired) electrons. The van der Waals surface area contributed by atoms with Crippen LogP contribution in [0.2, 0.25) is 0 Å². The zero-order valence-corrected chi connectivity index (χ0v) is 11.1. The lowest BCUT2D eigenvalue weighted by Crippen LogP contribution is -2.18. The molecule has 2 aromatic rings. The van der Waals surface area contributed by atoms with Crippen LogP contribution in [0, 0.1) is 5.92 Å². The molecule has 4 nitrogen and oxygen atoms in total. The molecule has 1 aliphatic rings. The van der Waals surface area contributed by atoms with Gasteiger partial charge in [0, 0.05) is 43.1 Å². The van der Waals surface area contributed by atoms with E-state index in [4.69, 9.17) is 4.74 Å². The third-order valence-corrected chi connectivity index (χ3v) is 4.03. The summed E-state index contributed by atoms with van der Waals surface area (Å²) in [6, 6.07) is 0. The summed E-state index contributed by atoms with van der Waals surface area (Å²) in [6.07, 6.45) is 9.47. The molecule has 0 aromatic carbocycles. The monoisotopic (exact) mass is 263 g/mol. The first kappa shape index (κ1) is 11.9. The third-order valence-electron chi connectivity index (χ3n) is 3.44. The Morgan fingerprint density at radius 2 is 2.50 bits per heavy atom. The molecule has 0 N–H and O–H groups in total. The molecular weight excluding hydrogens is 246 g/mol. The summed E-state index contributed by atoms with van der Waals surface area (Å²) in [6.45, 7) is 2.87. The molecule has 0 aliphatic carbocycles. The highest BCUT2D eigenvalue weighted by molar-refractivity contribution is 7.03. The molecule has 1 aliphatic heterocycles. The van der Waals surface area contributed by atoms with E-state index in [0.717, 1.165) is 31.1 Å². The summed E-state index contributed by atoms with van der Waals surface area (Å²) in [5, 5.41) is 2.04. The van der Waals surface area contributed by atoms with E-state index in [2.05, 4.69) is 20.1 Å². The lowest BCUT2D eigenvalue weighted by molar-refractivity contribution is 0.0501. The smallest absolute Gasteiger partial charge is 0.142 e. The Bertz CT molecular complexity index is 474. The minimum absolute atomic E-state index is 0.703. The molecule has 0 spiro atoms. The largest absolute Gasteiger partial charge is 0.381 e. The lowest BCUT2D eigenvalue weighted by Gasteiger charge is -2.22. The van der Waals surface area contributed by atoms with Gasteiger partial charge in [-0.3, -0.25) is 0 Å². The molecule has 2 aromatic heterocycles. The average Bonchev–Trinajstić information content (AvgIpc) is 3.08. The molecule has 1 unspecified atom stereocenters. The number of ether oxygens (including phenoxy) is 1. The van der Waals surface area contributed by atoms with Gasteiger partial charge in [-0.05, 0) is 36.7 Å². The number of aryl methyl sites for hydroxylation is 1. The van der Waals surface area contributed by atoms with E-state index < -0.39 is 0 Å². The Kier molecular flexibility index (Phi) is 3.71. The zero-order valence-electron chi connectivity index (χ0n) is 10.3. The minimum atomic E-state index is 0.703. The van der Waals surface area contributed by atoms with Gasteiger partial charge in [0.2, 0.25) is 0 Å². The minimum Gasteiger partial charge on any atom is -0.381 e. The SMILES string of the molecule is c1cn(CCC2CCCOC2)c(-c2cnsc2)n1. The predicted octanol–water partition coefficient (Wildman–Crippen LogP) is 2.82. The first-order valence-electron chi connectivity index (χ1n) is 6.42. The summed E-state index contributed by atoms with van der Waals surface area (Å²) >= 11 is 1.47. The fourth-order valence-electron chi connectivity index (χ4n) is 2.42. The van der Waals surface area contributed by atoms with Crippen LogP contribution in [0.15, 0.2) is 24.0 Å². The van der Waals surface area contributed by atoms with E-state index in [9.17, 15) is 0 Å². The number of imidazole rings is 1. The van der Waals surface area contributed by atoms with E-state index in [-0.39, 0.29) is 0 Å². The predicted molar refractivity (Wildman–Crippen MR) is 71.5 cm³/mol. The molecule has 3 rings (SSSR count). The highest BCUT2D eigenvalue weighted by Gasteiger charge is 2.15. The van der Waals surface area contributed by atoms with Crippen LogP contribution in [0.25, 0.3) is 11.4 Å². The molecule has 18 heavy (non-hydrogen) atoms. The van der Waals surface area contributed by atoms with Gasteiger partial charge >= 0.3 is 0 Å². The molecule has 0 amide bonds. The number of nitrogens with zero attached hydrogens (tertiary/aromatic N) is 3. The van der Waals surface area contributed by atoms with E-state index in [1.165, 1.54) is 30.8 Å². The lowest BCUT2D eigenvalue weighted by atomic mass is 9.99. The second-order valence-electron chi connectivity index (χ2n) is 4.73. The quantitative estimate of drug-likeness (QED) is 0.851. The van der Waals surface area contributed by atoms with Crippen LogP contribution < -0.4 is 0 Å². The van der Waals surface area contributed by atoms with Gasteiger partial charge in [-0.2, -0.15) is 0 Å². The number of hydrogen-bond donors (Lipinski definition) is 0. The summed E-state index contributed by atoms with van der Waals surface area (Å²) < 4.78 is 11.9. The van der Waals surface area contributed by atoms with Gasteiger partial charge in [-0.15, -0.1) is 0 Å². The average molecular weight is 263 g/mol. The van der Waals surface area contributed by atoms with E-state index in [1.54, 1.807) is 0 Å². The topological polar surface area (TPSA) is 39.9 Å². The summed E-state index contributed by atoms with van der Waals surface area (Å²) in [7, 11) is 0. The number of aromatic nitrogens is 3. The molecule has 0 bridgehead atoms. The molecule has 96 valence electrons. The Hall–Kier alpha value is -1.20. The van der Waals surface area contributed by atoms with Crippen LogP contribution in [0.5, 0.6) is 0 Å². The van der Waals surface area contributed by atoms with Crippen molar-refractivity contribution in [2.24, 2.45) is 5.92 Å². The maximum Gasteiger partial charge on any atom is 0.142 e. The molecule has 3 heterocycles. The van der Waals surface area contributed by atoms with Gasteiger partial charge in [0.05, 0.1) is 6.20 Å². The van der Waals surface area contributed by atoms with Crippen LogP contribution in [-0.4, -0.2) is 27.1 Å². The van der Waals surface area contributed by atoms with Crippen molar-refractivity contribution in [1.29, 1.82) is 0 Å². The first-order chi connectivity index (χ1) is 8.93. The standard InChI is InChI=1S/C13H17N3OS/c1-2-11(9-17-7-1)3-5-16-6-4-14-13(16)12-8-15-18-10-12/h4,6,8,10-11H,1-3,5,7,9H2. The van der Waals surface area contributed by atoms with Crippen molar-refractivity contribution >= 4 is 11.5 Å². The van der Waals surface area contributed by atoms with Crippen molar-refractivity contribution in [2.45, 2.75) is 25.8 Å². The van der Waals surface area contributed by atoms with Crippen LogP contribution in [0.3, 0.4) is 0 Å². The van der Waals surface area contributed by atoms with Gasteiger partial charge < -0.3 is 9.30 Å². The molecular formula is C13H17N3OS. The summed E-state index contributed by atoms with van der Waals surface area (Å²) in [4.78, 5) is 4.42. The maximum atomic E-state index is 5.52. The highest BCUT2D eigenvalue weighted by atomic mass is 32.1. The number of hydrogen-bond acceptors (Lipinski definition) is 4. The Morgan fingerprint density at radius 1 is 1.50 bits per heavy atom. The van der Waals surface area contributed by atoms with Crippen LogP contribution in [0.4, 0.5) is 0 Å². The zero-order chi connectivity index (χ0) is 12.2. The summed E-state index contributed by atoms with van der Waals surface area (Å²) in [5.74, 6) is 1.73. The summed E-state index contributed by atoms with van der Waals surface area (Å²) in [5.41, 5.74) is 1.12. The van der Waals surface area contributed by atoms with Crippen LogP contribution >= 0.6 is 11.5 Å². The van der Waals surface area contributed by atoms with E-state index >= 15 is 0 Å². The third kappa shape index (κ3) is 2.62.